The van der Waals surface area contributed by atoms with E-state index in [9.17, 15) is 0 Å². The van der Waals surface area contributed by atoms with E-state index in [1.165, 1.54) is 10.8 Å². The number of benzene rings is 2. The maximum Gasteiger partial charge on any atom is 0.217 e. The fourth-order valence-electron chi connectivity index (χ4n) is 2.64. The van der Waals surface area contributed by atoms with Crippen LogP contribution in [0.3, 0.4) is 0 Å². The molecule has 0 aromatic heterocycles. The molecule has 0 spiro atoms. The summed E-state index contributed by atoms with van der Waals surface area (Å²) in [4.78, 5) is 4.74. The molecule has 0 amide bonds. The van der Waals surface area contributed by atoms with Gasteiger partial charge in [-0.2, -0.15) is 0 Å². The first-order chi connectivity index (χ1) is 9.24. The molecule has 1 aliphatic rings. The summed E-state index contributed by atoms with van der Waals surface area (Å²) in [7, 11) is 0. The van der Waals surface area contributed by atoms with Crippen molar-refractivity contribution < 1.29 is 4.74 Å². The van der Waals surface area contributed by atoms with E-state index in [1.807, 2.05) is 0 Å². The Hall–Kier alpha value is -1.83. The van der Waals surface area contributed by atoms with Crippen LogP contribution in [-0.2, 0) is 4.74 Å². The number of hydrogen-bond donors (Lipinski definition) is 0. The number of hydrogen-bond acceptors (Lipinski definition) is 2. The third-order valence-corrected chi connectivity index (χ3v) is 3.48. The van der Waals surface area contributed by atoms with Crippen LogP contribution in [0.5, 0.6) is 0 Å². The molecule has 0 unspecified atom stereocenters. The molecule has 98 valence electrons. The van der Waals surface area contributed by atoms with Gasteiger partial charge >= 0.3 is 0 Å². The highest BCUT2D eigenvalue weighted by atomic mass is 16.5. The molecule has 0 aliphatic carbocycles. The van der Waals surface area contributed by atoms with Gasteiger partial charge in [-0.15, -0.1) is 0 Å². The number of ether oxygens (including phenoxy) is 1. The lowest BCUT2D eigenvalue weighted by Crippen LogP contribution is -2.09. The van der Waals surface area contributed by atoms with E-state index in [4.69, 9.17) is 9.73 Å². The third kappa shape index (κ3) is 2.48. The first-order valence-electron chi connectivity index (χ1n) is 6.93. The summed E-state index contributed by atoms with van der Waals surface area (Å²) in [6.45, 7) is 5.17. The van der Waals surface area contributed by atoms with Crippen molar-refractivity contribution in [2.45, 2.75) is 26.3 Å². The summed E-state index contributed by atoms with van der Waals surface area (Å²) in [6, 6.07) is 15.0. The molecule has 19 heavy (non-hydrogen) atoms. The minimum Gasteiger partial charge on any atom is -0.475 e. The Morgan fingerprint density at radius 2 is 1.95 bits per heavy atom. The Labute approximate surface area is 114 Å². The summed E-state index contributed by atoms with van der Waals surface area (Å²) in [5, 5.41) is 2.45. The van der Waals surface area contributed by atoms with E-state index in [-0.39, 0.29) is 0 Å². The van der Waals surface area contributed by atoms with Gasteiger partial charge in [0, 0.05) is 5.56 Å². The molecule has 1 aliphatic heterocycles. The van der Waals surface area contributed by atoms with Crippen LogP contribution in [0.1, 0.15) is 25.8 Å². The Morgan fingerprint density at radius 3 is 2.79 bits per heavy atom. The van der Waals surface area contributed by atoms with Crippen LogP contribution < -0.4 is 0 Å². The summed E-state index contributed by atoms with van der Waals surface area (Å²) >= 11 is 0. The van der Waals surface area contributed by atoms with Gasteiger partial charge in [-0.05, 0) is 29.2 Å². The van der Waals surface area contributed by atoms with Gasteiger partial charge in [0.2, 0.25) is 5.90 Å². The predicted molar refractivity (Wildman–Crippen MR) is 79.7 cm³/mol. The van der Waals surface area contributed by atoms with E-state index >= 15 is 0 Å². The van der Waals surface area contributed by atoms with Crippen LogP contribution >= 0.6 is 0 Å². The van der Waals surface area contributed by atoms with Crippen LogP contribution in [0, 0.1) is 5.92 Å². The molecule has 0 saturated carbocycles. The Bertz CT molecular complexity index is 610. The van der Waals surface area contributed by atoms with Gasteiger partial charge in [-0.3, -0.25) is 0 Å². The number of rotatable bonds is 3. The van der Waals surface area contributed by atoms with E-state index in [2.05, 4.69) is 56.3 Å². The van der Waals surface area contributed by atoms with Crippen molar-refractivity contribution in [2.75, 3.05) is 6.61 Å². The number of aliphatic imine (C=N–C) groups is 1. The van der Waals surface area contributed by atoms with Gasteiger partial charge in [0.25, 0.3) is 0 Å². The van der Waals surface area contributed by atoms with Gasteiger partial charge < -0.3 is 4.74 Å². The van der Waals surface area contributed by atoms with Crippen LogP contribution in [0.4, 0.5) is 0 Å². The van der Waals surface area contributed by atoms with Crippen molar-refractivity contribution in [2.24, 2.45) is 10.9 Å². The van der Waals surface area contributed by atoms with Crippen molar-refractivity contribution in [3.63, 3.8) is 0 Å². The summed E-state index contributed by atoms with van der Waals surface area (Å²) in [6.07, 6.45) is 1.09. The monoisotopic (exact) mass is 253 g/mol. The predicted octanol–water partition coefficient (Wildman–Crippen LogP) is 4.03. The smallest absolute Gasteiger partial charge is 0.217 e. The molecule has 0 N–H and O–H groups in total. The maximum absolute atomic E-state index is 5.81. The first kappa shape index (κ1) is 12.2. The van der Waals surface area contributed by atoms with Gasteiger partial charge in [0.05, 0.1) is 6.04 Å². The normalized spacial score (nSPS) is 18.7. The zero-order valence-corrected chi connectivity index (χ0v) is 11.5. The van der Waals surface area contributed by atoms with Crippen molar-refractivity contribution >= 4 is 16.7 Å². The second-order valence-corrected chi connectivity index (χ2v) is 5.56. The van der Waals surface area contributed by atoms with Crippen LogP contribution in [0.15, 0.2) is 47.5 Å². The molecule has 0 fully saturated rings. The maximum atomic E-state index is 5.81. The molecule has 0 saturated heterocycles. The SMILES string of the molecule is CC(C)C[C@@H]1COC(c2cccc3ccccc23)=N1. The Kier molecular flexibility index (Phi) is 3.24. The van der Waals surface area contributed by atoms with Crippen LogP contribution in [-0.4, -0.2) is 18.5 Å². The topological polar surface area (TPSA) is 21.6 Å². The fourth-order valence-corrected chi connectivity index (χ4v) is 2.64. The molecule has 3 rings (SSSR count). The Morgan fingerprint density at radius 1 is 1.16 bits per heavy atom. The van der Waals surface area contributed by atoms with Crippen LogP contribution in [0.25, 0.3) is 10.8 Å². The molecule has 1 atom stereocenters. The lowest BCUT2D eigenvalue weighted by atomic mass is 10.0. The zero-order valence-electron chi connectivity index (χ0n) is 11.5. The van der Waals surface area contributed by atoms with E-state index < -0.39 is 0 Å². The summed E-state index contributed by atoms with van der Waals surface area (Å²) in [5.74, 6) is 1.46. The molecular formula is C17H19NO. The minimum absolute atomic E-state index is 0.314. The molecule has 2 aromatic carbocycles. The second-order valence-electron chi connectivity index (χ2n) is 5.56. The summed E-state index contributed by atoms with van der Waals surface area (Å²) in [5.41, 5.74) is 1.12. The van der Waals surface area contributed by atoms with E-state index in [0.29, 0.717) is 12.0 Å². The molecule has 0 bridgehead atoms. The van der Waals surface area contributed by atoms with Crippen molar-refractivity contribution in [3.05, 3.63) is 48.0 Å². The molecule has 2 aromatic rings. The Balaban J connectivity index is 1.97. The highest BCUT2D eigenvalue weighted by molar-refractivity contribution is 6.07. The fraction of sp³-hybridized carbons (Fsp3) is 0.353. The van der Waals surface area contributed by atoms with E-state index in [1.54, 1.807) is 0 Å². The number of fused-ring (bicyclic) bond motifs is 1. The highest BCUT2D eigenvalue weighted by Crippen LogP contribution is 2.23. The van der Waals surface area contributed by atoms with Gasteiger partial charge in [-0.1, -0.05) is 50.2 Å². The highest BCUT2D eigenvalue weighted by Gasteiger charge is 2.21. The largest absolute Gasteiger partial charge is 0.475 e. The second kappa shape index (κ2) is 5.04. The third-order valence-electron chi connectivity index (χ3n) is 3.48. The molecule has 2 heteroatoms. The lowest BCUT2D eigenvalue weighted by molar-refractivity contribution is 0.301. The average Bonchev–Trinajstić information content (AvgIpc) is 2.85. The molecule has 0 radical (unpaired) electrons. The summed E-state index contributed by atoms with van der Waals surface area (Å²) < 4.78 is 5.81. The standard InChI is InChI=1S/C17H19NO/c1-12(2)10-14-11-19-17(18-14)16-9-5-7-13-6-3-4-8-15(13)16/h3-9,12,14H,10-11H2,1-2H3/t14-/m1/s1. The van der Waals surface area contributed by atoms with Crippen LogP contribution in [0.2, 0.25) is 0 Å². The van der Waals surface area contributed by atoms with Gasteiger partial charge in [0.1, 0.15) is 6.61 Å². The zero-order chi connectivity index (χ0) is 13.2. The quantitative estimate of drug-likeness (QED) is 0.809. The van der Waals surface area contributed by atoms with Gasteiger partial charge in [-0.25, -0.2) is 4.99 Å². The van der Waals surface area contributed by atoms with Crippen molar-refractivity contribution in [1.82, 2.24) is 0 Å². The minimum atomic E-state index is 0.314. The van der Waals surface area contributed by atoms with Crippen molar-refractivity contribution in [1.29, 1.82) is 0 Å². The van der Waals surface area contributed by atoms with Crippen molar-refractivity contribution in [3.8, 4) is 0 Å². The molecular weight excluding hydrogens is 234 g/mol. The number of nitrogens with zero attached hydrogens (tertiary/aromatic N) is 1. The molecule has 1 heterocycles. The first-order valence-corrected chi connectivity index (χ1v) is 6.93. The van der Waals surface area contributed by atoms with Gasteiger partial charge in [0.15, 0.2) is 0 Å². The molecule has 2 nitrogen and oxygen atoms in total. The lowest BCUT2D eigenvalue weighted by Gasteiger charge is -2.06. The average molecular weight is 253 g/mol. The van der Waals surface area contributed by atoms with E-state index in [0.717, 1.165) is 24.5 Å².